The van der Waals surface area contributed by atoms with Crippen LogP contribution in [0.15, 0.2) is 6.07 Å². The van der Waals surface area contributed by atoms with E-state index in [1.807, 2.05) is 6.07 Å². The van der Waals surface area contributed by atoms with Crippen molar-refractivity contribution in [2.75, 3.05) is 5.73 Å². The Morgan fingerprint density at radius 3 is 2.57 bits per heavy atom. The van der Waals surface area contributed by atoms with Crippen LogP contribution in [0.4, 0.5) is 5.82 Å². The van der Waals surface area contributed by atoms with Crippen LogP contribution in [0.5, 0.6) is 0 Å². The highest BCUT2D eigenvalue weighted by atomic mass is 15.2. The molecule has 0 amide bonds. The minimum atomic E-state index is 0.530. The largest absolute Gasteiger partial charge is 0.382 e. The van der Waals surface area contributed by atoms with Crippen LogP contribution in [-0.2, 0) is 0 Å². The van der Waals surface area contributed by atoms with Crippen LogP contribution in [-0.4, -0.2) is 10.2 Å². The molecule has 3 heteroatoms. The fourth-order valence-corrected chi connectivity index (χ4v) is 2.27. The van der Waals surface area contributed by atoms with E-state index in [9.17, 15) is 0 Å². The molecule has 3 N–H and O–H groups in total. The van der Waals surface area contributed by atoms with Crippen LogP contribution in [0.1, 0.15) is 51.1 Å². The van der Waals surface area contributed by atoms with E-state index < -0.39 is 0 Å². The molecule has 2 rings (SSSR count). The van der Waals surface area contributed by atoms with E-state index in [4.69, 9.17) is 5.73 Å². The lowest BCUT2D eigenvalue weighted by Crippen LogP contribution is -2.20. The van der Waals surface area contributed by atoms with Crippen molar-refractivity contribution in [3.05, 3.63) is 11.8 Å². The number of nitrogens with two attached hydrogens (primary N) is 1. The van der Waals surface area contributed by atoms with Crippen molar-refractivity contribution in [3.63, 3.8) is 0 Å². The predicted octanol–water partition coefficient (Wildman–Crippen LogP) is 2.68. The predicted molar refractivity (Wildman–Crippen MR) is 58.0 cm³/mol. The summed E-state index contributed by atoms with van der Waals surface area (Å²) in [5.74, 6) is 1.26. The second-order valence-electron chi connectivity index (χ2n) is 5.19. The van der Waals surface area contributed by atoms with Gasteiger partial charge in [-0.2, -0.15) is 5.10 Å². The van der Waals surface area contributed by atoms with E-state index in [0.717, 1.165) is 0 Å². The van der Waals surface area contributed by atoms with Gasteiger partial charge in [-0.1, -0.05) is 13.8 Å². The molecule has 1 aromatic heterocycles. The van der Waals surface area contributed by atoms with Crippen LogP contribution in [0, 0.1) is 5.41 Å². The SMILES string of the molecule is CC1(C)CCC(c2cc(N)n[nH]2)CC1. The normalized spacial score (nSPS) is 22.4. The van der Waals surface area contributed by atoms with Crippen molar-refractivity contribution in [2.24, 2.45) is 5.41 Å². The molecular weight excluding hydrogens is 174 g/mol. The second kappa shape index (κ2) is 3.30. The quantitative estimate of drug-likeness (QED) is 0.720. The number of aromatic amines is 1. The Morgan fingerprint density at radius 1 is 1.43 bits per heavy atom. The number of nitrogen functional groups attached to an aromatic ring is 1. The van der Waals surface area contributed by atoms with Crippen molar-refractivity contribution >= 4 is 5.82 Å². The molecule has 1 heterocycles. The van der Waals surface area contributed by atoms with E-state index in [2.05, 4.69) is 24.0 Å². The Morgan fingerprint density at radius 2 is 2.07 bits per heavy atom. The van der Waals surface area contributed by atoms with Gasteiger partial charge in [0, 0.05) is 17.7 Å². The topological polar surface area (TPSA) is 54.7 Å². The van der Waals surface area contributed by atoms with E-state index in [1.165, 1.54) is 31.4 Å². The number of hydrogen-bond acceptors (Lipinski definition) is 2. The average molecular weight is 193 g/mol. The van der Waals surface area contributed by atoms with Crippen molar-refractivity contribution in [1.82, 2.24) is 10.2 Å². The summed E-state index contributed by atoms with van der Waals surface area (Å²) in [6.45, 7) is 4.70. The summed E-state index contributed by atoms with van der Waals surface area (Å²) in [7, 11) is 0. The number of anilines is 1. The van der Waals surface area contributed by atoms with Crippen LogP contribution in [0.2, 0.25) is 0 Å². The van der Waals surface area contributed by atoms with Crippen molar-refractivity contribution < 1.29 is 0 Å². The molecule has 1 fully saturated rings. The minimum Gasteiger partial charge on any atom is -0.382 e. The lowest BCUT2D eigenvalue weighted by Gasteiger charge is -2.33. The number of hydrogen-bond donors (Lipinski definition) is 2. The molecule has 1 aliphatic rings. The third-order valence-corrected chi connectivity index (χ3v) is 3.40. The first-order chi connectivity index (χ1) is 6.57. The van der Waals surface area contributed by atoms with Gasteiger partial charge >= 0.3 is 0 Å². The van der Waals surface area contributed by atoms with Crippen LogP contribution in [0.3, 0.4) is 0 Å². The Hall–Kier alpha value is -0.990. The highest BCUT2D eigenvalue weighted by Gasteiger charge is 2.28. The number of rotatable bonds is 1. The Kier molecular flexibility index (Phi) is 2.25. The summed E-state index contributed by atoms with van der Waals surface area (Å²) >= 11 is 0. The van der Waals surface area contributed by atoms with Gasteiger partial charge in [0.15, 0.2) is 0 Å². The van der Waals surface area contributed by atoms with Crippen LogP contribution < -0.4 is 5.73 Å². The molecule has 1 aliphatic carbocycles. The molecule has 0 saturated heterocycles. The summed E-state index contributed by atoms with van der Waals surface area (Å²) in [5.41, 5.74) is 7.35. The fourth-order valence-electron chi connectivity index (χ4n) is 2.27. The van der Waals surface area contributed by atoms with E-state index in [0.29, 0.717) is 17.2 Å². The van der Waals surface area contributed by atoms with Crippen molar-refractivity contribution in [1.29, 1.82) is 0 Å². The molecule has 0 unspecified atom stereocenters. The monoisotopic (exact) mass is 193 g/mol. The molecule has 1 saturated carbocycles. The van der Waals surface area contributed by atoms with E-state index in [1.54, 1.807) is 0 Å². The van der Waals surface area contributed by atoms with Crippen LogP contribution in [0.25, 0.3) is 0 Å². The summed E-state index contributed by atoms with van der Waals surface area (Å²) in [6.07, 6.45) is 5.12. The third-order valence-electron chi connectivity index (χ3n) is 3.40. The fraction of sp³-hybridized carbons (Fsp3) is 0.727. The van der Waals surface area contributed by atoms with Gasteiger partial charge in [0.25, 0.3) is 0 Å². The molecule has 0 aromatic carbocycles. The number of nitrogens with zero attached hydrogens (tertiary/aromatic N) is 1. The molecule has 0 spiro atoms. The Labute approximate surface area is 85.1 Å². The first-order valence-electron chi connectivity index (χ1n) is 5.38. The molecule has 0 bridgehead atoms. The summed E-state index contributed by atoms with van der Waals surface area (Å²) in [6, 6.07) is 1.98. The van der Waals surface area contributed by atoms with Gasteiger partial charge < -0.3 is 5.73 Å². The number of nitrogens with one attached hydrogen (secondary N) is 1. The standard InChI is InChI=1S/C11H19N3/c1-11(2)5-3-8(4-6-11)9-7-10(12)14-13-9/h7-8H,3-6H2,1-2H3,(H3,12,13,14). The Balaban J connectivity index is 2.02. The molecule has 0 atom stereocenters. The third kappa shape index (κ3) is 1.91. The first-order valence-corrected chi connectivity index (χ1v) is 5.38. The summed E-state index contributed by atoms with van der Waals surface area (Å²) in [5, 5.41) is 7.01. The first kappa shape index (κ1) is 9.56. The maximum absolute atomic E-state index is 5.60. The van der Waals surface area contributed by atoms with Gasteiger partial charge in [0.05, 0.1) is 0 Å². The van der Waals surface area contributed by atoms with Crippen molar-refractivity contribution in [2.45, 2.75) is 45.4 Å². The van der Waals surface area contributed by atoms with E-state index >= 15 is 0 Å². The highest BCUT2D eigenvalue weighted by molar-refractivity contribution is 5.30. The molecule has 0 radical (unpaired) electrons. The van der Waals surface area contributed by atoms with Gasteiger partial charge in [0.1, 0.15) is 5.82 Å². The molecular formula is C11H19N3. The summed E-state index contributed by atoms with van der Waals surface area (Å²) in [4.78, 5) is 0. The maximum atomic E-state index is 5.60. The minimum absolute atomic E-state index is 0.530. The second-order valence-corrected chi connectivity index (χ2v) is 5.19. The zero-order chi connectivity index (χ0) is 10.2. The van der Waals surface area contributed by atoms with Gasteiger partial charge in [0.2, 0.25) is 0 Å². The van der Waals surface area contributed by atoms with Gasteiger partial charge in [-0.3, -0.25) is 5.10 Å². The van der Waals surface area contributed by atoms with Crippen molar-refractivity contribution in [3.8, 4) is 0 Å². The lowest BCUT2D eigenvalue weighted by molar-refractivity contribution is 0.222. The number of H-pyrrole nitrogens is 1. The molecule has 14 heavy (non-hydrogen) atoms. The number of aromatic nitrogens is 2. The zero-order valence-electron chi connectivity index (χ0n) is 9.01. The van der Waals surface area contributed by atoms with Crippen LogP contribution >= 0.6 is 0 Å². The summed E-state index contributed by atoms with van der Waals surface area (Å²) < 4.78 is 0. The van der Waals surface area contributed by atoms with E-state index in [-0.39, 0.29) is 0 Å². The molecule has 1 aromatic rings. The smallest absolute Gasteiger partial charge is 0.145 e. The molecule has 0 aliphatic heterocycles. The highest BCUT2D eigenvalue weighted by Crippen LogP contribution is 2.41. The molecule has 78 valence electrons. The average Bonchev–Trinajstić information content (AvgIpc) is 2.52. The Bertz CT molecular complexity index is 304. The van der Waals surface area contributed by atoms with Gasteiger partial charge in [-0.15, -0.1) is 0 Å². The zero-order valence-corrected chi connectivity index (χ0v) is 9.01. The van der Waals surface area contributed by atoms with Gasteiger partial charge in [-0.05, 0) is 31.1 Å². The maximum Gasteiger partial charge on any atom is 0.145 e. The molecule has 3 nitrogen and oxygen atoms in total. The lowest BCUT2D eigenvalue weighted by atomic mass is 9.72. The van der Waals surface area contributed by atoms with Gasteiger partial charge in [-0.25, -0.2) is 0 Å².